The van der Waals surface area contributed by atoms with Gasteiger partial charge in [0, 0.05) is 32.5 Å². The fraction of sp³-hybridized carbons (Fsp3) is 0.593. The van der Waals surface area contributed by atoms with Crippen LogP contribution in [0.15, 0.2) is 103 Å². The normalized spacial score (nSPS) is 22.9. The molecule has 8 atom stereocenters. The summed E-state index contributed by atoms with van der Waals surface area (Å²) in [5.74, 6) is -7.19. The highest BCUT2D eigenvalue weighted by atomic mass is 16.8. The number of aliphatic hydroxyl groups is 1. The number of aliphatic hydroxyl groups excluding tert-OH is 1. The van der Waals surface area contributed by atoms with Gasteiger partial charge in [0.25, 0.3) is 0 Å². The van der Waals surface area contributed by atoms with Gasteiger partial charge in [-0.05, 0) is 73.9 Å². The van der Waals surface area contributed by atoms with Gasteiger partial charge in [0.15, 0.2) is 5.79 Å². The lowest BCUT2D eigenvalue weighted by molar-refractivity contribution is -0.380. The van der Waals surface area contributed by atoms with Gasteiger partial charge in [-0.25, -0.2) is 14.4 Å². The van der Waals surface area contributed by atoms with Gasteiger partial charge < -0.3 is 53.6 Å². The summed E-state index contributed by atoms with van der Waals surface area (Å²) in [5, 5.41) is 45.5. The average Bonchev–Trinajstić information content (AvgIpc) is 3.60. The summed E-state index contributed by atoms with van der Waals surface area (Å²) in [5.41, 5.74) is -4.94. The second kappa shape index (κ2) is 30.9. The van der Waals surface area contributed by atoms with Crippen LogP contribution in [0.4, 0.5) is 0 Å². The maximum Gasteiger partial charge on any atom is 0.343 e. The van der Waals surface area contributed by atoms with E-state index in [4.69, 9.17) is 33.2 Å². The number of aliphatic carboxylic acids is 3. The fourth-order valence-electron chi connectivity index (χ4n) is 10.3. The van der Waals surface area contributed by atoms with E-state index in [9.17, 15) is 39.6 Å². The Balaban J connectivity index is 1.22. The van der Waals surface area contributed by atoms with Crippen molar-refractivity contribution in [3.8, 4) is 11.5 Å². The third-order valence-electron chi connectivity index (χ3n) is 14.2. The standard InChI is InChI=1S/C59H82O15/c1-44(50(72-46(3)60)45(2)43-47-31-21-18-22-32-47)37-38-57-51(61)52(70-41-29-16-12-8-4-6-10-14-27-39-68-48-33-23-19-24-34-48)59(74-57,56(66)67)58(55(64)65,53(73-57)54(62)63)71-42-30-17-13-9-5-7-11-15-28-40-69-49-35-25-20-26-36-49/h18-26,31-36,45,50-53,61H,1,4-17,27-30,37-43H2,2-3H3,(H,62,63)(H,64,65)(H,66,67)/t45?,50?,51-,52-,53-,57-,58-,59-/m1/s1. The predicted molar refractivity (Wildman–Crippen MR) is 279 cm³/mol. The average molecular weight is 1030 g/mol. The van der Waals surface area contributed by atoms with Gasteiger partial charge in [0.05, 0.1) is 13.2 Å². The number of rotatable bonds is 39. The van der Waals surface area contributed by atoms with Crippen LogP contribution in [0.5, 0.6) is 11.5 Å². The first-order valence-corrected chi connectivity index (χ1v) is 27.0. The Morgan fingerprint density at radius 3 is 1.51 bits per heavy atom. The van der Waals surface area contributed by atoms with Crippen LogP contribution in [0.25, 0.3) is 0 Å². The first-order valence-electron chi connectivity index (χ1n) is 27.0. The smallest absolute Gasteiger partial charge is 0.343 e. The number of hydrogen-bond donors (Lipinski definition) is 4. The number of ether oxygens (including phenoxy) is 7. The molecule has 15 heteroatoms. The molecule has 0 saturated carbocycles. The number of benzene rings is 3. The van der Waals surface area contributed by atoms with Gasteiger partial charge in [-0.3, -0.25) is 4.79 Å². The van der Waals surface area contributed by atoms with Gasteiger partial charge in [-0.15, -0.1) is 0 Å². The van der Waals surface area contributed by atoms with E-state index in [0.29, 0.717) is 44.5 Å². The zero-order chi connectivity index (χ0) is 53.2. The van der Waals surface area contributed by atoms with Crippen LogP contribution < -0.4 is 9.47 Å². The van der Waals surface area contributed by atoms with Gasteiger partial charge in [-0.1, -0.05) is 170 Å². The molecule has 3 aromatic carbocycles. The van der Waals surface area contributed by atoms with Crippen LogP contribution in [0.2, 0.25) is 0 Å². The number of unbranched alkanes of at least 4 members (excludes halogenated alkanes) is 16. The maximum absolute atomic E-state index is 13.9. The summed E-state index contributed by atoms with van der Waals surface area (Å²) < 4.78 is 42.0. The first-order chi connectivity index (χ1) is 35.8. The number of fused-ring (bicyclic) bond motifs is 2. The Morgan fingerprint density at radius 2 is 1.07 bits per heavy atom. The molecule has 408 valence electrons. The number of esters is 1. The van der Waals surface area contributed by atoms with Crippen LogP contribution in [0.3, 0.4) is 0 Å². The Bertz CT molecular complexity index is 2140. The van der Waals surface area contributed by atoms with E-state index in [2.05, 4.69) is 6.58 Å². The van der Waals surface area contributed by atoms with Crippen LogP contribution in [0.1, 0.15) is 148 Å². The summed E-state index contributed by atoms with van der Waals surface area (Å²) in [4.78, 5) is 53.4. The van der Waals surface area contributed by atoms with Crippen molar-refractivity contribution in [3.05, 3.63) is 109 Å². The highest BCUT2D eigenvalue weighted by Gasteiger charge is 2.86. The topological polar surface area (TPSA) is 214 Å². The predicted octanol–water partition coefficient (Wildman–Crippen LogP) is 10.9. The van der Waals surface area contributed by atoms with Crippen molar-refractivity contribution < 1.29 is 72.8 Å². The van der Waals surface area contributed by atoms with Gasteiger partial charge >= 0.3 is 23.9 Å². The minimum atomic E-state index is -3.20. The quantitative estimate of drug-likeness (QED) is 0.0238. The molecule has 2 bridgehead atoms. The number of para-hydroxylation sites is 2. The largest absolute Gasteiger partial charge is 0.494 e. The Labute approximate surface area is 437 Å². The highest BCUT2D eigenvalue weighted by molar-refractivity contribution is 5.98. The molecule has 5 rings (SSSR count). The Hall–Kier alpha value is -5.32. The second-order valence-electron chi connectivity index (χ2n) is 20.0. The molecule has 2 unspecified atom stereocenters. The van der Waals surface area contributed by atoms with Crippen molar-refractivity contribution in [2.24, 2.45) is 5.92 Å². The lowest BCUT2D eigenvalue weighted by atomic mass is 9.74. The molecule has 0 amide bonds. The number of carbonyl (C=O) groups excluding carboxylic acids is 1. The zero-order valence-corrected chi connectivity index (χ0v) is 43.7. The Kier molecular flexibility index (Phi) is 24.9. The van der Waals surface area contributed by atoms with Crippen molar-refractivity contribution in [2.75, 3.05) is 26.4 Å². The SMILES string of the molecule is C=C(CC[C@@]12O[C@H](C(=O)O)[C@@](OCCCCCCCCCCCOc3ccccc3)(C(=O)O)[C@@](C(=O)O)(O1)[C@H](OCCCCCCCCCCCOc1ccccc1)[C@H]2O)C(OC(C)=O)C(C)Cc1ccccc1. The van der Waals surface area contributed by atoms with Gasteiger partial charge in [-0.2, -0.15) is 0 Å². The van der Waals surface area contributed by atoms with Crippen LogP contribution in [0, 0.1) is 5.92 Å². The minimum Gasteiger partial charge on any atom is -0.494 e. The molecule has 2 aliphatic rings. The molecule has 0 aromatic heterocycles. The number of carboxylic acids is 3. The zero-order valence-electron chi connectivity index (χ0n) is 43.7. The highest BCUT2D eigenvalue weighted by Crippen LogP contribution is 2.57. The van der Waals surface area contributed by atoms with Crippen LogP contribution in [-0.4, -0.2) is 112 Å². The van der Waals surface area contributed by atoms with Crippen molar-refractivity contribution in [1.29, 1.82) is 0 Å². The van der Waals surface area contributed by atoms with Crippen molar-refractivity contribution >= 4 is 23.9 Å². The number of carboxylic acid groups (broad SMARTS) is 3. The van der Waals surface area contributed by atoms with Gasteiger partial charge in [0.2, 0.25) is 17.3 Å². The van der Waals surface area contributed by atoms with Crippen molar-refractivity contribution in [1.82, 2.24) is 0 Å². The molecule has 4 N–H and O–H groups in total. The van der Waals surface area contributed by atoms with Crippen molar-refractivity contribution in [2.45, 2.75) is 190 Å². The molecule has 2 fully saturated rings. The molecular formula is C59H82O15. The molecular weight excluding hydrogens is 949 g/mol. The molecule has 2 aliphatic heterocycles. The fourth-order valence-corrected chi connectivity index (χ4v) is 10.3. The summed E-state index contributed by atoms with van der Waals surface area (Å²) in [6.07, 6.45) is 8.69. The third kappa shape index (κ3) is 16.6. The van der Waals surface area contributed by atoms with Crippen molar-refractivity contribution in [3.63, 3.8) is 0 Å². The van der Waals surface area contributed by atoms with E-state index in [1.54, 1.807) is 0 Å². The number of carbonyl (C=O) groups is 4. The molecule has 3 aromatic rings. The second-order valence-corrected chi connectivity index (χ2v) is 20.0. The molecule has 0 spiro atoms. The van der Waals surface area contributed by atoms with E-state index in [1.807, 2.05) is 97.9 Å². The molecule has 15 nitrogen and oxygen atoms in total. The van der Waals surface area contributed by atoms with E-state index < -0.39 is 71.7 Å². The summed E-state index contributed by atoms with van der Waals surface area (Å²) in [6, 6.07) is 29.0. The minimum absolute atomic E-state index is 0.0925. The van der Waals surface area contributed by atoms with Crippen LogP contribution >= 0.6 is 0 Å². The van der Waals surface area contributed by atoms with Gasteiger partial charge in [0.1, 0.15) is 29.8 Å². The molecule has 2 saturated heterocycles. The molecule has 74 heavy (non-hydrogen) atoms. The van der Waals surface area contributed by atoms with E-state index in [-0.39, 0.29) is 32.0 Å². The Morgan fingerprint density at radius 1 is 0.622 bits per heavy atom. The third-order valence-corrected chi connectivity index (χ3v) is 14.2. The van der Waals surface area contributed by atoms with Crippen LogP contribution in [-0.2, 0) is 49.3 Å². The van der Waals surface area contributed by atoms with E-state index in [1.165, 1.54) is 6.92 Å². The first kappa shape index (κ1) is 59.6. The molecule has 0 radical (unpaired) electrons. The van der Waals surface area contributed by atoms with E-state index in [0.717, 1.165) is 107 Å². The summed E-state index contributed by atoms with van der Waals surface area (Å²) in [6.45, 7) is 8.27. The lowest BCUT2D eigenvalue weighted by Crippen LogP contribution is -2.79. The molecule has 2 heterocycles. The summed E-state index contributed by atoms with van der Waals surface area (Å²) >= 11 is 0. The number of hydrogen-bond acceptors (Lipinski definition) is 12. The maximum atomic E-state index is 13.9. The monoisotopic (exact) mass is 1030 g/mol. The molecule has 0 aliphatic carbocycles. The summed E-state index contributed by atoms with van der Waals surface area (Å²) in [7, 11) is 0. The van der Waals surface area contributed by atoms with E-state index >= 15 is 0 Å². The lowest BCUT2D eigenvalue weighted by Gasteiger charge is -2.51.